The molecule has 1 heterocycles. The lowest BCUT2D eigenvalue weighted by atomic mass is 9.90. The fourth-order valence-corrected chi connectivity index (χ4v) is 3.49. The number of piperidine rings is 1. The van der Waals surface area contributed by atoms with Crippen LogP contribution in [0.15, 0.2) is 18.2 Å². The highest BCUT2D eigenvalue weighted by atomic mass is 16.5. The van der Waals surface area contributed by atoms with Crippen LogP contribution < -0.4 is 15.8 Å². The summed E-state index contributed by atoms with van der Waals surface area (Å²) in [5.41, 5.74) is 7.50. The first kappa shape index (κ1) is 15.8. The fourth-order valence-electron chi connectivity index (χ4n) is 3.49. The summed E-state index contributed by atoms with van der Waals surface area (Å²) in [6.45, 7) is 0.710. The molecule has 124 valence electrons. The number of nitrogens with two attached hydrogens (primary N) is 1. The molecule has 3 N–H and O–H groups in total. The number of benzene rings is 1. The van der Waals surface area contributed by atoms with E-state index in [1.165, 1.54) is 32.1 Å². The molecule has 1 unspecified atom stereocenters. The maximum absolute atomic E-state index is 11.9. The van der Waals surface area contributed by atoms with Crippen molar-refractivity contribution >= 4 is 17.5 Å². The zero-order valence-electron chi connectivity index (χ0n) is 13.3. The van der Waals surface area contributed by atoms with E-state index in [9.17, 15) is 9.59 Å². The van der Waals surface area contributed by atoms with Crippen LogP contribution in [-0.4, -0.2) is 18.4 Å². The highest BCUT2D eigenvalue weighted by Crippen LogP contribution is 2.31. The molecule has 1 saturated heterocycles. The Balaban J connectivity index is 1.63. The van der Waals surface area contributed by atoms with Crippen molar-refractivity contribution in [2.75, 3.05) is 12.3 Å². The van der Waals surface area contributed by atoms with E-state index in [0.717, 1.165) is 5.56 Å². The van der Waals surface area contributed by atoms with Gasteiger partial charge in [-0.3, -0.25) is 14.9 Å². The van der Waals surface area contributed by atoms with Gasteiger partial charge in [-0.25, -0.2) is 0 Å². The number of amides is 2. The molecule has 2 aliphatic rings. The number of hydrogen-bond acceptors (Lipinski definition) is 4. The Morgan fingerprint density at radius 2 is 1.91 bits per heavy atom. The topological polar surface area (TPSA) is 81.4 Å². The van der Waals surface area contributed by atoms with Crippen LogP contribution >= 0.6 is 0 Å². The van der Waals surface area contributed by atoms with Gasteiger partial charge >= 0.3 is 0 Å². The first-order valence-corrected chi connectivity index (χ1v) is 8.49. The van der Waals surface area contributed by atoms with Gasteiger partial charge in [-0.1, -0.05) is 25.3 Å². The number of nitrogen functional groups attached to an aromatic ring is 1. The number of nitrogens with one attached hydrogen (secondary N) is 1. The minimum Gasteiger partial charge on any atom is -0.491 e. The third-order valence-corrected chi connectivity index (χ3v) is 4.87. The molecule has 0 spiro atoms. The van der Waals surface area contributed by atoms with Gasteiger partial charge in [-0.2, -0.15) is 0 Å². The summed E-state index contributed by atoms with van der Waals surface area (Å²) in [7, 11) is 0. The Labute approximate surface area is 136 Å². The summed E-state index contributed by atoms with van der Waals surface area (Å²) in [6, 6.07) is 5.53. The Morgan fingerprint density at radius 3 is 2.61 bits per heavy atom. The molecule has 1 aliphatic carbocycles. The van der Waals surface area contributed by atoms with E-state index in [1.807, 2.05) is 12.1 Å². The van der Waals surface area contributed by atoms with Crippen LogP contribution in [0.3, 0.4) is 0 Å². The molecule has 1 atom stereocenters. The number of rotatable bonds is 4. The lowest BCUT2D eigenvalue weighted by molar-refractivity contribution is -0.134. The number of hydrogen-bond donors (Lipinski definition) is 2. The van der Waals surface area contributed by atoms with Crippen LogP contribution in [0.1, 0.15) is 56.4 Å². The average Bonchev–Trinajstić information content (AvgIpc) is 2.55. The fraction of sp³-hybridized carbons (Fsp3) is 0.556. The van der Waals surface area contributed by atoms with Crippen molar-refractivity contribution < 1.29 is 14.3 Å². The predicted octanol–water partition coefficient (Wildman–Crippen LogP) is 2.75. The standard InChI is InChI=1S/C18H24N2O3/c19-15-10-13(14-7-9-17(21)20-18(14)22)6-8-16(15)23-11-12-4-2-1-3-5-12/h6,8,10,12,14H,1-5,7,9,11,19H2,(H,20,21,22). The maximum atomic E-state index is 11.9. The lowest BCUT2D eigenvalue weighted by Crippen LogP contribution is -2.39. The summed E-state index contributed by atoms with van der Waals surface area (Å²) in [5.74, 6) is 0.565. The van der Waals surface area contributed by atoms with E-state index in [2.05, 4.69) is 5.32 Å². The van der Waals surface area contributed by atoms with Gasteiger partial charge in [0, 0.05) is 6.42 Å². The van der Waals surface area contributed by atoms with E-state index >= 15 is 0 Å². The van der Waals surface area contributed by atoms with Crippen molar-refractivity contribution in [2.24, 2.45) is 5.92 Å². The van der Waals surface area contributed by atoms with Crippen LogP contribution in [0.4, 0.5) is 5.69 Å². The van der Waals surface area contributed by atoms with Crippen LogP contribution in [0.25, 0.3) is 0 Å². The smallest absolute Gasteiger partial charge is 0.234 e. The number of ether oxygens (including phenoxy) is 1. The second-order valence-electron chi connectivity index (χ2n) is 6.62. The number of anilines is 1. The minimum atomic E-state index is -0.303. The Kier molecular flexibility index (Phi) is 4.84. The van der Waals surface area contributed by atoms with Gasteiger partial charge in [0.25, 0.3) is 0 Å². The van der Waals surface area contributed by atoms with E-state index in [0.29, 0.717) is 36.8 Å². The van der Waals surface area contributed by atoms with E-state index < -0.39 is 0 Å². The van der Waals surface area contributed by atoms with Crippen LogP contribution in [0, 0.1) is 5.92 Å². The lowest BCUT2D eigenvalue weighted by Gasteiger charge is -2.23. The molecule has 5 heteroatoms. The summed E-state index contributed by atoms with van der Waals surface area (Å²) in [6.07, 6.45) is 7.28. The molecule has 3 rings (SSSR count). The molecule has 2 amide bonds. The molecule has 1 saturated carbocycles. The van der Waals surface area contributed by atoms with Crippen molar-refractivity contribution in [3.8, 4) is 5.75 Å². The SMILES string of the molecule is Nc1cc(C2CCC(=O)NC2=O)ccc1OCC1CCCCC1. The van der Waals surface area contributed by atoms with Gasteiger partial charge in [-0.15, -0.1) is 0 Å². The van der Waals surface area contributed by atoms with Gasteiger partial charge in [0.2, 0.25) is 11.8 Å². The molecular weight excluding hydrogens is 292 g/mol. The third-order valence-electron chi connectivity index (χ3n) is 4.87. The average molecular weight is 316 g/mol. The van der Waals surface area contributed by atoms with Gasteiger partial charge in [0.05, 0.1) is 18.2 Å². The maximum Gasteiger partial charge on any atom is 0.234 e. The summed E-state index contributed by atoms with van der Waals surface area (Å²) in [5, 5.41) is 2.38. The predicted molar refractivity (Wildman–Crippen MR) is 88.0 cm³/mol. The Morgan fingerprint density at radius 1 is 1.13 bits per heavy atom. The van der Waals surface area contributed by atoms with E-state index in [1.54, 1.807) is 6.07 Å². The zero-order chi connectivity index (χ0) is 16.2. The largest absolute Gasteiger partial charge is 0.491 e. The minimum absolute atomic E-state index is 0.202. The zero-order valence-corrected chi connectivity index (χ0v) is 13.3. The molecule has 2 fully saturated rings. The highest BCUT2D eigenvalue weighted by molar-refractivity contribution is 6.01. The van der Waals surface area contributed by atoms with Crippen molar-refractivity contribution in [1.82, 2.24) is 5.32 Å². The van der Waals surface area contributed by atoms with E-state index in [-0.39, 0.29) is 17.7 Å². The van der Waals surface area contributed by atoms with Crippen LogP contribution in [-0.2, 0) is 9.59 Å². The molecule has 0 aromatic heterocycles. The second kappa shape index (κ2) is 7.02. The molecule has 1 aromatic rings. The van der Waals surface area contributed by atoms with Gasteiger partial charge < -0.3 is 10.5 Å². The van der Waals surface area contributed by atoms with Gasteiger partial charge in [0.1, 0.15) is 5.75 Å². The molecule has 1 aliphatic heterocycles. The molecule has 23 heavy (non-hydrogen) atoms. The van der Waals surface area contributed by atoms with Crippen LogP contribution in [0.2, 0.25) is 0 Å². The highest BCUT2D eigenvalue weighted by Gasteiger charge is 2.28. The normalized spacial score (nSPS) is 22.7. The Bertz CT molecular complexity index is 594. The molecular formula is C18H24N2O3. The van der Waals surface area contributed by atoms with Crippen molar-refractivity contribution in [1.29, 1.82) is 0 Å². The first-order chi connectivity index (χ1) is 11.1. The molecule has 0 radical (unpaired) electrons. The van der Waals surface area contributed by atoms with Crippen LogP contribution in [0.5, 0.6) is 5.75 Å². The number of imide groups is 1. The first-order valence-electron chi connectivity index (χ1n) is 8.49. The third kappa shape index (κ3) is 3.84. The Hall–Kier alpha value is -2.04. The van der Waals surface area contributed by atoms with Gasteiger partial charge in [0.15, 0.2) is 0 Å². The van der Waals surface area contributed by atoms with Crippen molar-refractivity contribution in [3.05, 3.63) is 23.8 Å². The summed E-state index contributed by atoms with van der Waals surface area (Å²) < 4.78 is 5.88. The molecule has 5 nitrogen and oxygen atoms in total. The molecule has 0 bridgehead atoms. The second-order valence-corrected chi connectivity index (χ2v) is 6.62. The summed E-state index contributed by atoms with van der Waals surface area (Å²) >= 11 is 0. The van der Waals surface area contributed by atoms with Crippen molar-refractivity contribution in [3.63, 3.8) is 0 Å². The number of carbonyl (C=O) groups excluding carboxylic acids is 2. The quantitative estimate of drug-likeness (QED) is 0.661. The van der Waals surface area contributed by atoms with Crippen molar-refractivity contribution in [2.45, 2.75) is 50.9 Å². The van der Waals surface area contributed by atoms with Gasteiger partial charge in [-0.05, 0) is 42.9 Å². The molecule has 1 aromatic carbocycles. The monoisotopic (exact) mass is 316 g/mol. The van der Waals surface area contributed by atoms with E-state index in [4.69, 9.17) is 10.5 Å². The summed E-state index contributed by atoms with van der Waals surface area (Å²) in [4.78, 5) is 23.2. The number of carbonyl (C=O) groups is 2.